The maximum Gasteiger partial charge on any atom is 0.226 e. The molecule has 2 aromatic heterocycles. The predicted molar refractivity (Wildman–Crippen MR) is 90.3 cm³/mol. The van der Waals surface area contributed by atoms with E-state index in [-0.39, 0.29) is 5.82 Å². The zero-order valence-corrected chi connectivity index (χ0v) is 13.9. The van der Waals surface area contributed by atoms with Crippen LogP contribution in [0.2, 0.25) is 0 Å². The molecule has 2 heterocycles. The van der Waals surface area contributed by atoms with Crippen LogP contribution in [-0.4, -0.2) is 21.7 Å². The largest absolute Gasteiger partial charge is 0.444 e. The highest BCUT2D eigenvalue weighted by molar-refractivity contribution is 5.56. The van der Waals surface area contributed by atoms with Crippen LogP contribution in [0.25, 0.3) is 11.5 Å². The van der Waals surface area contributed by atoms with Crippen LogP contribution in [0.3, 0.4) is 0 Å². The van der Waals surface area contributed by atoms with Gasteiger partial charge in [0.15, 0.2) is 5.82 Å². The van der Waals surface area contributed by atoms with Crippen molar-refractivity contribution in [1.82, 2.24) is 15.2 Å². The highest BCUT2D eigenvalue weighted by atomic mass is 19.1. The zero-order valence-electron chi connectivity index (χ0n) is 13.9. The van der Waals surface area contributed by atoms with Crippen molar-refractivity contribution >= 4 is 5.82 Å². The number of nitriles is 1. The van der Waals surface area contributed by atoms with Crippen LogP contribution in [0.15, 0.2) is 34.9 Å². The Morgan fingerprint density at radius 3 is 2.68 bits per heavy atom. The molecule has 1 N–H and O–H groups in total. The van der Waals surface area contributed by atoms with E-state index in [1.54, 1.807) is 18.4 Å². The average Bonchev–Trinajstić information content (AvgIpc) is 3.08. The Kier molecular flexibility index (Phi) is 4.70. The summed E-state index contributed by atoms with van der Waals surface area (Å²) in [5, 5.41) is 20.5. The highest BCUT2D eigenvalue weighted by Crippen LogP contribution is 2.20. The smallest absolute Gasteiger partial charge is 0.226 e. The molecule has 25 heavy (non-hydrogen) atoms. The number of nitrogens with one attached hydrogen (secondary N) is 1. The summed E-state index contributed by atoms with van der Waals surface area (Å²) in [6.45, 7) is 4.20. The lowest BCUT2D eigenvalue weighted by molar-refractivity contribution is 0.572. The van der Waals surface area contributed by atoms with Crippen LogP contribution in [0.5, 0.6) is 0 Å². The van der Waals surface area contributed by atoms with Crippen molar-refractivity contribution < 1.29 is 8.81 Å². The van der Waals surface area contributed by atoms with Gasteiger partial charge >= 0.3 is 0 Å². The second kappa shape index (κ2) is 7.09. The van der Waals surface area contributed by atoms with Crippen molar-refractivity contribution in [2.75, 3.05) is 11.9 Å². The molecular weight excluding hydrogens is 321 g/mol. The molecule has 0 saturated heterocycles. The number of nitrogens with zero attached hydrogens (tertiary/aromatic N) is 4. The summed E-state index contributed by atoms with van der Waals surface area (Å²) in [5.74, 6) is 0.606. The average molecular weight is 337 g/mol. The first-order chi connectivity index (χ1) is 12.1. The number of hydrogen-bond donors (Lipinski definition) is 1. The zero-order chi connectivity index (χ0) is 17.8. The second-order valence-electron chi connectivity index (χ2n) is 5.57. The van der Waals surface area contributed by atoms with Gasteiger partial charge in [0.25, 0.3) is 0 Å². The molecule has 0 aliphatic carbocycles. The van der Waals surface area contributed by atoms with E-state index in [1.165, 1.54) is 12.1 Å². The summed E-state index contributed by atoms with van der Waals surface area (Å²) in [6, 6.07) is 8.12. The lowest BCUT2D eigenvalue weighted by Crippen LogP contribution is -2.10. The number of benzene rings is 1. The molecule has 6 nitrogen and oxygen atoms in total. The number of anilines is 1. The molecule has 0 atom stereocenters. The summed E-state index contributed by atoms with van der Waals surface area (Å²) < 4.78 is 18.4. The van der Waals surface area contributed by atoms with Crippen molar-refractivity contribution in [1.29, 1.82) is 5.26 Å². The van der Waals surface area contributed by atoms with E-state index in [0.717, 1.165) is 17.0 Å². The van der Waals surface area contributed by atoms with Gasteiger partial charge in [-0.05, 0) is 43.7 Å². The van der Waals surface area contributed by atoms with Gasteiger partial charge in [0.1, 0.15) is 23.7 Å². The molecule has 0 saturated carbocycles. The Hall–Kier alpha value is -3.27. The maximum atomic E-state index is 13.0. The highest BCUT2D eigenvalue weighted by Gasteiger charge is 2.11. The van der Waals surface area contributed by atoms with E-state index in [2.05, 4.69) is 26.6 Å². The van der Waals surface area contributed by atoms with Gasteiger partial charge in [0.05, 0.1) is 11.4 Å². The molecule has 0 aliphatic heterocycles. The summed E-state index contributed by atoms with van der Waals surface area (Å²) in [4.78, 5) is 4.39. The number of rotatable bonds is 5. The molecule has 0 amide bonds. The second-order valence-corrected chi connectivity index (χ2v) is 5.57. The number of aromatic nitrogens is 3. The van der Waals surface area contributed by atoms with Crippen LogP contribution in [0.1, 0.15) is 22.5 Å². The van der Waals surface area contributed by atoms with Crippen molar-refractivity contribution in [2.24, 2.45) is 0 Å². The van der Waals surface area contributed by atoms with E-state index >= 15 is 0 Å². The Morgan fingerprint density at radius 1 is 1.20 bits per heavy atom. The van der Waals surface area contributed by atoms with Crippen LogP contribution in [-0.2, 0) is 6.42 Å². The molecule has 126 valence electrons. The Balaban J connectivity index is 1.65. The van der Waals surface area contributed by atoms with Crippen molar-refractivity contribution in [3.05, 3.63) is 58.9 Å². The SMILES string of the molecule is Cc1nnc(NCCc2coc(-c3ccc(F)cc3)n2)c(C#N)c1C. The lowest BCUT2D eigenvalue weighted by atomic mass is 10.1. The molecule has 1 aromatic carbocycles. The van der Waals surface area contributed by atoms with E-state index in [4.69, 9.17) is 4.42 Å². The Labute approximate surface area is 144 Å². The molecule has 0 bridgehead atoms. The first kappa shape index (κ1) is 16.6. The predicted octanol–water partition coefficient (Wildman–Crippen LogP) is 3.41. The quantitative estimate of drug-likeness (QED) is 0.767. The number of hydrogen-bond acceptors (Lipinski definition) is 6. The molecule has 0 unspecified atom stereocenters. The van der Waals surface area contributed by atoms with Crippen LogP contribution < -0.4 is 5.32 Å². The fourth-order valence-corrected chi connectivity index (χ4v) is 2.32. The molecule has 3 rings (SSSR count). The van der Waals surface area contributed by atoms with Gasteiger partial charge in [0, 0.05) is 18.5 Å². The Morgan fingerprint density at radius 2 is 1.96 bits per heavy atom. The number of oxazole rings is 1. The monoisotopic (exact) mass is 337 g/mol. The van der Waals surface area contributed by atoms with E-state index in [1.807, 2.05) is 13.8 Å². The first-order valence-corrected chi connectivity index (χ1v) is 7.76. The molecule has 0 radical (unpaired) electrons. The van der Waals surface area contributed by atoms with Gasteiger partial charge in [-0.3, -0.25) is 0 Å². The molecule has 3 aromatic rings. The lowest BCUT2D eigenvalue weighted by Gasteiger charge is -2.08. The van der Waals surface area contributed by atoms with Gasteiger partial charge in [-0.1, -0.05) is 0 Å². The van der Waals surface area contributed by atoms with Gasteiger partial charge in [-0.25, -0.2) is 9.37 Å². The van der Waals surface area contributed by atoms with Crippen LogP contribution in [0, 0.1) is 31.0 Å². The van der Waals surface area contributed by atoms with Crippen LogP contribution >= 0.6 is 0 Å². The third-order valence-electron chi connectivity index (χ3n) is 3.88. The van der Waals surface area contributed by atoms with E-state index < -0.39 is 0 Å². The van der Waals surface area contributed by atoms with Gasteiger partial charge in [-0.2, -0.15) is 10.4 Å². The summed E-state index contributed by atoms with van der Waals surface area (Å²) >= 11 is 0. The summed E-state index contributed by atoms with van der Waals surface area (Å²) in [6.07, 6.45) is 2.15. The Bertz CT molecular complexity index is 928. The third kappa shape index (κ3) is 3.63. The standard InChI is InChI=1S/C18H16FN5O/c1-11-12(2)23-24-17(16(11)9-20)21-8-7-15-10-25-18(22-15)13-3-5-14(19)6-4-13/h3-6,10H,7-8H2,1-2H3,(H,21,24). The minimum Gasteiger partial charge on any atom is -0.444 e. The van der Waals surface area contributed by atoms with Crippen molar-refractivity contribution in [2.45, 2.75) is 20.3 Å². The number of halogens is 1. The van der Waals surface area contributed by atoms with E-state index in [0.29, 0.717) is 35.8 Å². The van der Waals surface area contributed by atoms with Crippen molar-refractivity contribution in [3.63, 3.8) is 0 Å². The third-order valence-corrected chi connectivity index (χ3v) is 3.88. The van der Waals surface area contributed by atoms with Gasteiger partial charge in [-0.15, -0.1) is 5.10 Å². The minimum absolute atomic E-state index is 0.303. The fourth-order valence-electron chi connectivity index (χ4n) is 2.32. The van der Waals surface area contributed by atoms with Crippen molar-refractivity contribution in [3.8, 4) is 17.5 Å². The van der Waals surface area contributed by atoms with Crippen LogP contribution in [0.4, 0.5) is 10.2 Å². The maximum absolute atomic E-state index is 13.0. The number of aryl methyl sites for hydroxylation is 1. The summed E-state index contributed by atoms with van der Waals surface area (Å²) in [7, 11) is 0. The molecule has 7 heteroatoms. The molecule has 0 aliphatic rings. The minimum atomic E-state index is -0.303. The summed E-state index contributed by atoms with van der Waals surface area (Å²) in [5.41, 5.74) is 3.52. The molecule has 0 spiro atoms. The topological polar surface area (TPSA) is 87.6 Å². The first-order valence-electron chi connectivity index (χ1n) is 7.76. The van der Waals surface area contributed by atoms with Gasteiger partial charge in [0.2, 0.25) is 5.89 Å². The normalized spacial score (nSPS) is 10.5. The molecular formula is C18H16FN5O. The molecule has 0 fully saturated rings. The fraction of sp³-hybridized carbons (Fsp3) is 0.222. The van der Waals surface area contributed by atoms with Gasteiger partial charge < -0.3 is 9.73 Å². The van der Waals surface area contributed by atoms with E-state index in [9.17, 15) is 9.65 Å².